The Labute approximate surface area is 221 Å². The van der Waals surface area contributed by atoms with E-state index in [4.69, 9.17) is 9.05 Å². The van der Waals surface area contributed by atoms with Crippen LogP contribution in [-0.2, 0) is 13.6 Å². The van der Waals surface area contributed by atoms with Gasteiger partial charge in [-0.1, -0.05) is 57.7 Å². The molecule has 0 heterocycles. The van der Waals surface area contributed by atoms with E-state index in [9.17, 15) is 14.8 Å². The zero-order chi connectivity index (χ0) is 27.5. The van der Waals surface area contributed by atoms with Gasteiger partial charge in [-0.05, 0) is 119 Å². The maximum Gasteiger partial charge on any atom is 0.324 e. The molecule has 0 aliphatic heterocycles. The smallest absolute Gasteiger partial charge is 0.324 e. The summed E-state index contributed by atoms with van der Waals surface area (Å²) in [6.45, 7) is 16.5. The van der Waals surface area contributed by atoms with Crippen LogP contribution in [0.1, 0.15) is 107 Å². The van der Waals surface area contributed by atoms with Crippen LogP contribution in [0.3, 0.4) is 0 Å². The normalized spacial score (nSPS) is 15.9. The highest BCUT2D eigenvalue weighted by atomic mass is 31.1. The highest BCUT2D eigenvalue weighted by Gasteiger charge is 2.12. The van der Waals surface area contributed by atoms with E-state index in [1.807, 2.05) is 13.8 Å². The van der Waals surface area contributed by atoms with Crippen LogP contribution in [0.4, 0.5) is 0 Å². The Balaban J connectivity index is 4.40. The van der Waals surface area contributed by atoms with Crippen LogP contribution >= 0.6 is 8.25 Å². The van der Waals surface area contributed by atoms with E-state index in [0.29, 0.717) is 0 Å². The van der Waals surface area contributed by atoms with Crippen molar-refractivity contribution in [2.24, 2.45) is 0 Å². The Morgan fingerprint density at radius 3 is 1.22 bits per heavy atom. The second-order valence-corrected chi connectivity index (χ2v) is 11.1. The third-order valence-corrected chi connectivity index (χ3v) is 6.40. The van der Waals surface area contributed by atoms with E-state index in [2.05, 4.69) is 65.8 Å². The van der Waals surface area contributed by atoms with E-state index in [-0.39, 0.29) is 0 Å². The molecule has 0 aromatic rings. The van der Waals surface area contributed by atoms with Gasteiger partial charge < -0.3 is 10.2 Å². The first-order valence-corrected chi connectivity index (χ1v) is 14.3. The van der Waals surface area contributed by atoms with Crippen LogP contribution in [0.2, 0.25) is 0 Å². The van der Waals surface area contributed by atoms with E-state index in [1.54, 1.807) is 0 Å². The van der Waals surface area contributed by atoms with Crippen molar-refractivity contribution in [2.75, 3.05) is 0 Å². The predicted molar refractivity (Wildman–Crippen MR) is 154 cm³/mol. The van der Waals surface area contributed by atoms with Gasteiger partial charge in [-0.3, -0.25) is 13.6 Å². The van der Waals surface area contributed by atoms with E-state index < -0.39 is 20.8 Å². The third-order valence-electron chi connectivity index (χ3n) is 5.53. The molecule has 0 bridgehead atoms. The zero-order valence-corrected chi connectivity index (χ0v) is 24.9. The molecule has 36 heavy (non-hydrogen) atoms. The van der Waals surface area contributed by atoms with E-state index in [1.165, 1.54) is 34.4 Å². The molecule has 2 N–H and O–H groups in total. The molecule has 0 saturated carbocycles. The summed E-state index contributed by atoms with van der Waals surface area (Å²) in [5.41, 5.74) is 7.23. The van der Waals surface area contributed by atoms with Crippen molar-refractivity contribution in [2.45, 2.75) is 119 Å². The standard InChI is InChI=1S/C30H51O5P/c1-23(2)13-9-15-25(5)17-11-19-27(7)21-29(31)34-36(33)35-30(32)22-28(8)20-12-18-26(6)16-10-14-24(3)4/h13-14,17-18,21-22,29-32,36H,9-12,15-16,19-20H2,1-8H3. The largest absolute Gasteiger partial charge is 0.364 e. The number of aliphatic hydroxyl groups is 2. The van der Waals surface area contributed by atoms with Crippen molar-refractivity contribution >= 4 is 8.25 Å². The molecule has 0 saturated heterocycles. The van der Waals surface area contributed by atoms with Crippen LogP contribution in [0.5, 0.6) is 0 Å². The summed E-state index contributed by atoms with van der Waals surface area (Å²) in [7, 11) is -3.05. The average Bonchev–Trinajstić information content (AvgIpc) is 2.72. The third kappa shape index (κ3) is 21.8. The van der Waals surface area contributed by atoms with Crippen LogP contribution in [0.25, 0.3) is 0 Å². The number of allylic oxidation sites excluding steroid dienone is 10. The summed E-state index contributed by atoms with van der Waals surface area (Å²) >= 11 is 0. The van der Waals surface area contributed by atoms with Crippen molar-refractivity contribution in [1.82, 2.24) is 0 Å². The molecule has 0 spiro atoms. The molecule has 0 rings (SSSR count). The summed E-state index contributed by atoms with van der Waals surface area (Å²) in [6.07, 6.45) is 16.7. The minimum atomic E-state index is -3.05. The fraction of sp³-hybridized carbons (Fsp3) is 0.600. The average molecular weight is 523 g/mol. The van der Waals surface area contributed by atoms with Crippen molar-refractivity contribution in [3.05, 3.63) is 69.9 Å². The Kier molecular flexibility index (Phi) is 19.7. The molecule has 2 unspecified atom stereocenters. The Hall–Kier alpha value is -1.49. The van der Waals surface area contributed by atoms with Crippen LogP contribution in [-0.4, -0.2) is 22.8 Å². The summed E-state index contributed by atoms with van der Waals surface area (Å²) < 4.78 is 22.1. The van der Waals surface area contributed by atoms with Crippen molar-refractivity contribution in [3.8, 4) is 0 Å². The molecule has 0 aliphatic rings. The second-order valence-electron chi connectivity index (χ2n) is 10.1. The lowest BCUT2D eigenvalue weighted by Gasteiger charge is -2.12. The first kappa shape index (κ1) is 34.5. The maximum absolute atomic E-state index is 12.1. The van der Waals surface area contributed by atoms with Crippen LogP contribution in [0, 0.1) is 0 Å². The lowest BCUT2D eigenvalue weighted by molar-refractivity contribution is -0.0200. The summed E-state index contributed by atoms with van der Waals surface area (Å²) in [5.74, 6) is 0. The second kappa shape index (κ2) is 20.6. The maximum atomic E-state index is 12.1. The highest BCUT2D eigenvalue weighted by molar-refractivity contribution is 7.33. The molecule has 6 heteroatoms. The zero-order valence-electron chi connectivity index (χ0n) is 23.9. The SMILES string of the molecule is CC(C)=CCCC(C)=CCCC(C)=CC(O)O[PH](=O)OC(O)C=C(C)CCC=C(C)CCC=C(C)C. The van der Waals surface area contributed by atoms with Crippen molar-refractivity contribution in [1.29, 1.82) is 0 Å². The quantitative estimate of drug-likeness (QED) is 0.107. The lowest BCUT2D eigenvalue weighted by atomic mass is 10.1. The van der Waals surface area contributed by atoms with Gasteiger partial charge in [0.05, 0.1) is 0 Å². The van der Waals surface area contributed by atoms with Crippen LogP contribution in [0.15, 0.2) is 69.9 Å². The molecule has 0 aromatic carbocycles. The number of rotatable bonds is 18. The molecule has 0 amide bonds. The first-order valence-electron chi connectivity index (χ1n) is 13.0. The monoisotopic (exact) mass is 522 g/mol. The predicted octanol–water partition coefficient (Wildman–Crippen LogP) is 8.88. The Morgan fingerprint density at radius 2 is 0.889 bits per heavy atom. The molecule has 0 aliphatic carbocycles. The molecule has 206 valence electrons. The summed E-state index contributed by atoms with van der Waals surface area (Å²) in [5, 5.41) is 20.1. The fourth-order valence-electron chi connectivity index (χ4n) is 3.42. The molecule has 0 fully saturated rings. The van der Waals surface area contributed by atoms with Gasteiger partial charge in [-0.2, -0.15) is 0 Å². The minimum absolute atomic E-state index is 0.773. The number of hydrogen-bond acceptors (Lipinski definition) is 5. The lowest BCUT2D eigenvalue weighted by Crippen LogP contribution is -2.09. The fourth-order valence-corrected chi connectivity index (χ4v) is 4.01. The van der Waals surface area contributed by atoms with Gasteiger partial charge in [-0.15, -0.1) is 0 Å². The van der Waals surface area contributed by atoms with Gasteiger partial charge >= 0.3 is 8.25 Å². The van der Waals surface area contributed by atoms with Crippen molar-refractivity contribution in [3.63, 3.8) is 0 Å². The minimum Gasteiger partial charge on any atom is -0.364 e. The number of hydrogen-bond donors (Lipinski definition) is 2. The molecule has 5 nitrogen and oxygen atoms in total. The molecular formula is C30H51O5P. The van der Waals surface area contributed by atoms with Crippen LogP contribution < -0.4 is 0 Å². The Bertz CT molecular complexity index is 769. The first-order chi connectivity index (χ1) is 16.9. The van der Waals surface area contributed by atoms with Gasteiger partial charge in [0.1, 0.15) is 0 Å². The molecule has 2 atom stereocenters. The highest BCUT2D eigenvalue weighted by Crippen LogP contribution is 2.28. The van der Waals surface area contributed by atoms with E-state index in [0.717, 1.165) is 62.5 Å². The topological polar surface area (TPSA) is 76.0 Å². The van der Waals surface area contributed by atoms with Gasteiger partial charge in [0, 0.05) is 0 Å². The molecular weight excluding hydrogens is 471 g/mol. The van der Waals surface area contributed by atoms with Gasteiger partial charge in [0.15, 0.2) is 12.6 Å². The Morgan fingerprint density at radius 1 is 0.583 bits per heavy atom. The van der Waals surface area contributed by atoms with Gasteiger partial charge in [0.2, 0.25) is 0 Å². The molecule has 0 aromatic heterocycles. The van der Waals surface area contributed by atoms with Crippen molar-refractivity contribution < 1.29 is 23.8 Å². The molecule has 0 radical (unpaired) electrons. The van der Waals surface area contributed by atoms with Gasteiger partial charge in [-0.25, -0.2) is 0 Å². The summed E-state index contributed by atoms with van der Waals surface area (Å²) in [6, 6.07) is 0. The number of aliphatic hydroxyl groups excluding tert-OH is 2. The van der Waals surface area contributed by atoms with Gasteiger partial charge in [0.25, 0.3) is 0 Å². The van der Waals surface area contributed by atoms with E-state index >= 15 is 0 Å². The summed E-state index contributed by atoms with van der Waals surface area (Å²) in [4.78, 5) is 0.